The van der Waals surface area contributed by atoms with Crippen molar-refractivity contribution in [2.45, 2.75) is 38.0 Å². The van der Waals surface area contributed by atoms with Crippen LogP contribution >= 0.6 is 11.3 Å². The summed E-state index contributed by atoms with van der Waals surface area (Å²) in [5.74, 6) is 0.345. The number of rotatable bonds is 7. The molecule has 7 nitrogen and oxygen atoms in total. The summed E-state index contributed by atoms with van der Waals surface area (Å²) in [4.78, 5) is 26.9. The molecule has 2 aromatic rings. The number of urea groups is 1. The van der Waals surface area contributed by atoms with E-state index < -0.39 is 23.9 Å². The lowest BCUT2D eigenvalue weighted by Crippen LogP contribution is -2.31. The lowest BCUT2D eigenvalue weighted by molar-refractivity contribution is -0.140. The first-order chi connectivity index (χ1) is 13.7. The summed E-state index contributed by atoms with van der Waals surface area (Å²) >= 11 is 0.693. The Hall–Kier alpha value is -2.82. The second-order valence-electron chi connectivity index (χ2n) is 6.56. The van der Waals surface area contributed by atoms with E-state index in [2.05, 4.69) is 20.9 Å². The number of ether oxygens (including phenoxy) is 1. The number of amides is 3. The molecule has 1 saturated carbocycles. The number of thiazole rings is 1. The summed E-state index contributed by atoms with van der Waals surface area (Å²) in [5, 5.41) is 8.42. The van der Waals surface area contributed by atoms with Crippen molar-refractivity contribution in [3.8, 4) is 5.75 Å². The second kappa shape index (κ2) is 8.68. The summed E-state index contributed by atoms with van der Waals surface area (Å²) in [5.41, 5.74) is -0.294. The molecule has 29 heavy (non-hydrogen) atoms. The predicted octanol–water partition coefficient (Wildman–Crippen LogP) is 3.70. The van der Waals surface area contributed by atoms with E-state index in [9.17, 15) is 22.8 Å². The van der Waals surface area contributed by atoms with Crippen LogP contribution in [0.1, 0.15) is 37.1 Å². The van der Waals surface area contributed by atoms with Gasteiger partial charge in [0.15, 0.2) is 17.4 Å². The molecule has 0 radical (unpaired) electrons. The topological polar surface area (TPSA) is 92.3 Å². The van der Waals surface area contributed by atoms with Crippen molar-refractivity contribution in [3.05, 3.63) is 40.9 Å². The van der Waals surface area contributed by atoms with Crippen LogP contribution in [0.15, 0.2) is 29.6 Å². The Bertz CT molecular complexity index is 866. The van der Waals surface area contributed by atoms with Crippen LogP contribution < -0.4 is 20.7 Å². The number of hydrogen-bond donors (Lipinski definition) is 3. The van der Waals surface area contributed by atoms with Gasteiger partial charge in [0.05, 0.1) is 6.04 Å². The minimum Gasteiger partial charge on any atom is -0.484 e. The van der Waals surface area contributed by atoms with E-state index in [1.165, 1.54) is 0 Å². The van der Waals surface area contributed by atoms with Gasteiger partial charge in [-0.2, -0.15) is 13.2 Å². The zero-order chi connectivity index (χ0) is 21.0. The van der Waals surface area contributed by atoms with Crippen molar-refractivity contribution in [1.29, 1.82) is 0 Å². The Kier molecular flexibility index (Phi) is 6.26. The Morgan fingerprint density at radius 3 is 2.55 bits per heavy atom. The summed E-state index contributed by atoms with van der Waals surface area (Å²) in [7, 11) is 0. The van der Waals surface area contributed by atoms with Gasteiger partial charge in [-0.05, 0) is 37.5 Å². The zero-order valence-electron chi connectivity index (χ0n) is 15.4. The first kappa shape index (κ1) is 20.9. The molecular weight excluding hydrogens is 409 g/mol. The van der Waals surface area contributed by atoms with Crippen molar-refractivity contribution in [2.75, 3.05) is 11.9 Å². The molecule has 1 aliphatic rings. The number of nitrogens with one attached hydrogen (secondary N) is 3. The fourth-order valence-corrected chi connectivity index (χ4v) is 3.09. The molecule has 3 amide bonds. The van der Waals surface area contributed by atoms with Crippen LogP contribution in [-0.2, 0) is 11.0 Å². The van der Waals surface area contributed by atoms with Crippen LogP contribution in [0.25, 0.3) is 0 Å². The van der Waals surface area contributed by atoms with E-state index in [0.717, 1.165) is 23.8 Å². The lowest BCUT2D eigenvalue weighted by Gasteiger charge is -2.15. The maximum Gasteiger partial charge on any atom is 0.434 e. The van der Waals surface area contributed by atoms with Gasteiger partial charge in [0.25, 0.3) is 5.91 Å². The average Bonchev–Trinajstić information content (AvgIpc) is 3.33. The van der Waals surface area contributed by atoms with Gasteiger partial charge in [0.2, 0.25) is 0 Å². The number of hydrogen-bond acceptors (Lipinski definition) is 5. The van der Waals surface area contributed by atoms with E-state index >= 15 is 0 Å². The average molecular weight is 428 g/mol. The van der Waals surface area contributed by atoms with Crippen LogP contribution in [0.4, 0.5) is 23.1 Å². The minimum absolute atomic E-state index is 0.0697. The molecule has 3 N–H and O–H groups in total. The monoisotopic (exact) mass is 428 g/mol. The molecule has 1 aromatic carbocycles. The first-order valence-electron chi connectivity index (χ1n) is 8.83. The largest absolute Gasteiger partial charge is 0.484 e. The molecule has 0 saturated heterocycles. The van der Waals surface area contributed by atoms with E-state index in [-0.39, 0.29) is 23.7 Å². The number of halogens is 3. The highest BCUT2D eigenvalue weighted by Gasteiger charge is 2.34. The lowest BCUT2D eigenvalue weighted by atomic mass is 10.1. The van der Waals surface area contributed by atoms with Gasteiger partial charge in [-0.1, -0.05) is 12.1 Å². The standard InChI is InChI=1S/C18H19F3N4O3S/c1-10(22-16(27)25-17-24-14(9-29-17)18(19,20)21)11-2-6-13(7-3-11)28-8-15(26)23-12-4-5-12/h2-3,6-7,9-10,12H,4-5,8H2,1H3,(H,23,26)(H2,22,24,25,27). The van der Waals surface area contributed by atoms with Gasteiger partial charge in [0, 0.05) is 11.4 Å². The summed E-state index contributed by atoms with van der Waals surface area (Å²) in [6.07, 6.45) is -2.54. The number of anilines is 1. The highest BCUT2D eigenvalue weighted by molar-refractivity contribution is 7.13. The molecule has 1 aliphatic carbocycles. The maximum absolute atomic E-state index is 12.5. The third-order valence-electron chi connectivity index (χ3n) is 4.06. The van der Waals surface area contributed by atoms with Gasteiger partial charge < -0.3 is 15.4 Å². The molecule has 0 aliphatic heterocycles. The van der Waals surface area contributed by atoms with Gasteiger partial charge in [0.1, 0.15) is 5.75 Å². The number of alkyl halides is 3. The number of carbonyl (C=O) groups excluding carboxylic acids is 2. The van der Waals surface area contributed by atoms with Crippen LogP contribution in [0.5, 0.6) is 5.75 Å². The Labute approximate surface area is 168 Å². The van der Waals surface area contributed by atoms with E-state index in [1.54, 1.807) is 31.2 Å². The van der Waals surface area contributed by atoms with Crippen molar-refractivity contribution < 1.29 is 27.5 Å². The van der Waals surface area contributed by atoms with Crippen LogP contribution in [-0.4, -0.2) is 29.6 Å². The highest BCUT2D eigenvalue weighted by atomic mass is 32.1. The van der Waals surface area contributed by atoms with Gasteiger partial charge in [-0.15, -0.1) is 11.3 Å². The van der Waals surface area contributed by atoms with E-state index in [1.807, 2.05) is 0 Å². The molecule has 1 fully saturated rings. The minimum atomic E-state index is -4.55. The maximum atomic E-state index is 12.5. The molecule has 11 heteroatoms. The molecule has 1 atom stereocenters. The predicted molar refractivity (Wildman–Crippen MR) is 101 cm³/mol. The van der Waals surface area contributed by atoms with Crippen LogP contribution in [0, 0.1) is 0 Å². The van der Waals surface area contributed by atoms with Crippen molar-refractivity contribution in [3.63, 3.8) is 0 Å². The van der Waals surface area contributed by atoms with Crippen molar-refractivity contribution >= 4 is 28.4 Å². The molecule has 3 rings (SSSR count). The molecule has 156 valence electrons. The summed E-state index contributed by atoms with van der Waals surface area (Å²) < 4.78 is 43.0. The van der Waals surface area contributed by atoms with Crippen LogP contribution in [0.2, 0.25) is 0 Å². The third-order valence-corrected chi connectivity index (χ3v) is 4.81. The fraction of sp³-hybridized carbons (Fsp3) is 0.389. The smallest absolute Gasteiger partial charge is 0.434 e. The molecular formula is C18H19F3N4O3S. The van der Waals surface area contributed by atoms with E-state index in [0.29, 0.717) is 17.1 Å². The Morgan fingerprint density at radius 1 is 1.28 bits per heavy atom. The molecule has 0 spiro atoms. The van der Waals surface area contributed by atoms with Gasteiger partial charge in [-0.25, -0.2) is 9.78 Å². The summed E-state index contributed by atoms with van der Waals surface area (Å²) in [6.45, 7) is 1.65. The zero-order valence-corrected chi connectivity index (χ0v) is 16.2. The molecule has 1 aromatic heterocycles. The quantitative estimate of drug-likeness (QED) is 0.627. The number of carbonyl (C=O) groups is 2. The number of nitrogens with zero attached hydrogens (tertiary/aromatic N) is 1. The van der Waals surface area contributed by atoms with E-state index in [4.69, 9.17) is 4.74 Å². The SMILES string of the molecule is CC(NC(=O)Nc1nc(C(F)(F)F)cs1)c1ccc(OCC(=O)NC2CC2)cc1. The Morgan fingerprint density at radius 2 is 1.97 bits per heavy atom. The fourth-order valence-electron chi connectivity index (χ4n) is 2.37. The third kappa shape index (κ3) is 6.34. The Balaban J connectivity index is 1.46. The van der Waals surface area contributed by atoms with Crippen molar-refractivity contribution in [2.24, 2.45) is 0 Å². The number of benzene rings is 1. The molecule has 1 unspecified atom stereocenters. The van der Waals surface area contributed by atoms with Crippen LogP contribution in [0.3, 0.4) is 0 Å². The summed E-state index contributed by atoms with van der Waals surface area (Å²) in [6, 6.07) is 5.99. The molecule has 1 heterocycles. The molecule has 0 bridgehead atoms. The highest BCUT2D eigenvalue weighted by Crippen LogP contribution is 2.31. The normalized spacial score (nSPS) is 14.8. The van der Waals surface area contributed by atoms with Gasteiger partial charge in [-0.3, -0.25) is 10.1 Å². The first-order valence-corrected chi connectivity index (χ1v) is 9.71. The van der Waals surface area contributed by atoms with Crippen molar-refractivity contribution in [1.82, 2.24) is 15.6 Å². The van der Waals surface area contributed by atoms with Gasteiger partial charge >= 0.3 is 12.2 Å². The number of aromatic nitrogens is 1. The second-order valence-corrected chi connectivity index (χ2v) is 7.41.